The summed E-state index contributed by atoms with van der Waals surface area (Å²) in [5.74, 6) is -0.650. The average molecular weight is 185 g/mol. The molecule has 1 rings (SSSR count). The van der Waals surface area contributed by atoms with Crippen LogP contribution in [0.15, 0.2) is 11.5 Å². The molecule has 8 nitrogen and oxygen atoms in total. The minimum absolute atomic E-state index is 0.124. The molecule has 70 valence electrons. The van der Waals surface area contributed by atoms with Crippen LogP contribution in [0, 0.1) is 4.91 Å². The fourth-order valence-corrected chi connectivity index (χ4v) is 0.634. The molecule has 0 amide bonds. The molecular weight excluding hydrogens is 178 g/mol. The Bertz CT molecular complexity index is 272. The summed E-state index contributed by atoms with van der Waals surface area (Å²) in [5, 5.41) is 12.7. The standard InChI is InChI=1S/C5H7N5O3/c11-5(3-7-12)13-2-1-10-4-6-8-9-10/h4H,1-3H2. The first kappa shape index (κ1) is 9.23. The highest BCUT2D eigenvalue weighted by Gasteiger charge is 2.01. The Kier molecular flexibility index (Phi) is 3.48. The minimum atomic E-state index is -0.650. The lowest BCUT2D eigenvalue weighted by Crippen LogP contribution is -2.13. The number of hydrogen-bond acceptors (Lipinski definition) is 7. The maximum Gasteiger partial charge on any atom is 0.331 e. The summed E-state index contributed by atoms with van der Waals surface area (Å²) in [7, 11) is 0. The summed E-state index contributed by atoms with van der Waals surface area (Å²) in [4.78, 5) is 20.2. The molecule has 0 unspecified atom stereocenters. The second-order valence-corrected chi connectivity index (χ2v) is 2.08. The Labute approximate surface area is 72.8 Å². The molecule has 0 aromatic carbocycles. The first-order chi connectivity index (χ1) is 6.33. The molecule has 13 heavy (non-hydrogen) atoms. The van der Waals surface area contributed by atoms with E-state index in [1.165, 1.54) is 11.0 Å². The molecule has 0 saturated heterocycles. The zero-order valence-corrected chi connectivity index (χ0v) is 6.66. The Balaban J connectivity index is 2.14. The lowest BCUT2D eigenvalue weighted by molar-refractivity contribution is -0.142. The average Bonchev–Trinajstić information content (AvgIpc) is 2.57. The summed E-state index contributed by atoms with van der Waals surface area (Å²) in [6, 6.07) is 0. The van der Waals surface area contributed by atoms with Crippen LogP contribution in [0.25, 0.3) is 0 Å². The predicted octanol–water partition coefficient (Wildman–Crippen LogP) is -1.02. The van der Waals surface area contributed by atoms with E-state index in [1.807, 2.05) is 0 Å². The largest absolute Gasteiger partial charge is 0.462 e. The Morgan fingerprint density at radius 1 is 1.62 bits per heavy atom. The maximum absolute atomic E-state index is 10.6. The van der Waals surface area contributed by atoms with Gasteiger partial charge in [-0.1, -0.05) is 5.18 Å². The SMILES string of the molecule is O=NCC(=O)OCCn1cnnn1. The van der Waals surface area contributed by atoms with Gasteiger partial charge in [0.2, 0.25) is 0 Å². The van der Waals surface area contributed by atoms with E-state index >= 15 is 0 Å². The van der Waals surface area contributed by atoms with Crippen molar-refractivity contribution in [3.05, 3.63) is 11.2 Å². The normalized spacial score (nSPS) is 9.54. The molecule has 0 N–H and O–H groups in total. The van der Waals surface area contributed by atoms with Crippen LogP contribution in [-0.4, -0.2) is 39.3 Å². The number of carbonyl (C=O) groups excluding carboxylic acids is 1. The van der Waals surface area contributed by atoms with E-state index in [4.69, 9.17) is 0 Å². The van der Waals surface area contributed by atoms with Gasteiger partial charge in [0.25, 0.3) is 0 Å². The van der Waals surface area contributed by atoms with Crippen molar-refractivity contribution in [1.82, 2.24) is 20.2 Å². The van der Waals surface area contributed by atoms with Crippen LogP contribution in [0.3, 0.4) is 0 Å². The van der Waals surface area contributed by atoms with Crippen LogP contribution in [0.5, 0.6) is 0 Å². The highest BCUT2D eigenvalue weighted by molar-refractivity contribution is 5.71. The molecule has 0 radical (unpaired) electrons. The minimum Gasteiger partial charge on any atom is -0.462 e. The van der Waals surface area contributed by atoms with Crippen LogP contribution in [0.2, 0.25) is 0 Å². The van der Waals surface area contributed by atoms with Gasteiger partial charge in [0.1, 0.15) is 12.9 Å². The molecule has 0 aliphatic heterocycles. The zero-order valence-electron chi connectivity index (χ0n) is 6.66. The number of rotatable bonds is 5. The van der Waals surface area contributed by atoms with Crippen LogP contribution in [-0.2, 0) is 16.1 Å². The summed E-state index contributed by atoms with van der Waals surface area (Å²) in [6.45, 7) is 0.0204. The van der Waals surface area contributed by atoms with E-state index in [9.17, 15) is 9.70 Å². The molecule has 0 aliphatic carbocycles. The van der Waals surface area contributed by atoms with Gasteiger partial charge in [-0.2, -0.15) is 4.91 Å². The van der Waals surface area contributed by atoms with Gasteiger partial charge in [-0.15, -0.1) is 5.10 Å². The highest BCUT2D eigenvalue weighted by Crippen LogP contribution is 1.83. The van der Waals surface area contributed by atoms with Gasteiger partial charge in [0.05, 0.1) is 6.54 Å². The highest BCUT2D eigenvalue weighted by atomic mass is 16.5. The smallest absolute Gasteiger partial charge is 0.331 e. The van der Waals surface area contributed by atoms with Crippen LogP contribution in [0.4, 0.5) is 0 Å². The number of tetrazole rings is 1. The van der Waals surface area contributed by atoms with E-state index in [2.05, 4.69) is 25.4 Å². The first-order valence-corrected chi connectivity index (χ1v) is 3.48. The molecular formula is C5H7N5O3. The fraction of sp³-hybridized carbons (Fsp3) is 0.600. The van der Waals surface area contributed by atoms with Crippen molar-refractivity contribution in [2.24, 2.45) is 5.18 Å². The zero-order chi connectivity index (χ0) is 9.52. The second kappa shape index (κ2) is 4.91. The van der Waals surface area contributed by atoms with Gasteiger partial charge in [0.15, 0.2) is 6.54 Å². The summed E-state index contributed by atoms with van der Waals surface area (Å²) < 4.78 is 6.01. The quantitative estimate of drug-likeness (QED) is 0.430. The third kappa shape index (κ3) is 3.36. The second-order valence-electron chi connectivity index (χ2n) is 2.08. The van der Waals surface area contributed by atoms with Gasteiger partial charge in [-0.3, -0.25) is 0 Å². The Morgan fingerprint density at radius 2 is 2.46 bits per heavy atom. The summed E-state index contributed by atoms with van der Waals surface area (Å²) in [6.07, 6.45) is 1.39. The van der Waals surface area contributed by atoms with E-state index in [-0.39, 0.29) is 6.61 Å². The van der Waals surface area contributed by atoms with Gasteiger partial charge in [-0.25, -0.2) is 9.48 Å². The molecule has 8 heteroatoms. The number of carbonyl (C=O) groups is 1. The molecule has 1 heterocycles. The molecule has 0 aliphatic rings. The maximum atomic E-state index is 10.6. The van der Waals surface area contributed by atoms with Crippen molar-refractivity contribution < 1.29 is 9.53 Å². The topological polar surface area (TPSA) is 99.3 Å². The lowest BCUT2D eigenvalue weighted by Gasteiger charge is -2.00. The van der Waals surface area contributed by atoms with Crippen LogP contribution >= 0.6 is 0 Å². The van der Waals surface area contributed by atoms with Gasteiger partial charge < -0.3 is 4.74 Å². The van der Waals surface area contributed by atoms with Crippen molar-refractivity contribution in [3.8, 4) is 0 Å². The molecule has 0 bridgehead atoms. The summed E-state index contributed by atoms with van der Waals surface area (Å²) >= 11 is 0. The Morgan fingerprint density at radius 3 is 3.08 bits per heavy atom. The number of ether oxygens (including phenoxy) is 1. The van der Waals surface area contributed by atoms with Crippen LogP contribution < -0.4 is 0 Å². The van der Waals surface area contributed by atoms with Crippen molar-refractivity contribution in [1.29, 1.82) is 0 Å². The number of aromatic nitrogens is 4. The predicted molar refractivity (Wildman–Crippen MR) is 39.4 cm³/mol. The molecule has 0 atom stereocenters. The van der Waals surface area contributed by atoms with Crippen molar-refractivity contribution in [2.45, 2.75) is 6.54 Å². The molecule has 1 aromatic rings. The van der Waals surface area contributed by atoms with Crippen molar-refractivity contribution >= 4 is 5.97 Å². The van der Waals surface area contributed by atoms with E-state index in [0.29, 0.717) is 6.54 Å². The third-order valence-electron chi connectivity index (χ3n) is 1.17. The molecule has 0 saturated carbocycles. The van der Waals surface area contributed by atoms with Crippen molar-refractivity contribution in [3.63, 3.8) is 0 Å². The third-order valence-corrected chi connectivity index (χ3v) is 1.17. The van der Waals surface area contributed by atoms with E-state index in [0.717, 1.165) is 0 Å². The summed E-state index contributed by atoms with van der Waals surface area (Å²) in [5.41, 5.74) is 0. The molecule has 0 spiro atoms. The lowest BCUT2D eigenvalue weighted by atomic mass is 10.6. The van der Waals surface area contributed by atoms with Gasteiger partial charge >= 0.3 is 5.97 Å². The Hall–Kier alpha value is -1.86. The molecule has 0 fully saturated rings. The van der Waals surface area contributed by atoms with Gasteiger partial charge in [0, 0.05) is 0 Å². The fourth-order valence-electron chi connectivity index (χ4n) is 0.634. The number of nitrogens with zero attached hydrogens (tertiary/aromatic N) is 5. The first-order valence-electron chi connectivity index (χ1n) is 3.48. The molecule has 1 aromatic heterocycles. The number of nitroso groups, excluding NO2 is 1. The van der Waals surface area contributed by atoms with Crippen molar-refractivity contribution in [2.75, 3.05) is 13.2 Å². The monoisotopic (exact) mass is 185 g/mol. The van der Waals surface area contributed by atoms with Crippen LogP contribution in [0.1, 0.15) is 0 Å². The number of esters is 1. The number of hydrogen-bond donors (Lipinski definition) is 0. The van der Waals surface area contributed by atoms with Gasteiger partial charge in [-0.05, 0) is 10.4 Å². The van der Waals surface area contributed by atoms with E-state index < -0.39 is 12.5 Å². The van der Waals surface area contributed by atoms with E-state index in [1.54, 1.807) is 0 Å².